The van der Waals surface area contributed by atoms with Gasteiger partial charge in [0, 0.05) is 31.7 Å². The van der Waals surface area contributed by atoms with Gasteiger partial charge in [0.25, 0.3) is 0 Å². The summed E-state index contributed by atoms with van der Waals surface area (Å²) in [6.07, 6.45) is 3.13. The maximum atomic E-state index is 13.2. The van der Waals surface area contributed by atoms with Crippen LogP contribution in [0.4, 0.5) is 5.69 Å². The zero-order valence-corrected chi connectivity index (χ0v) is 19.8. The smallest absolute Gasteiger partial charge is 0.340 e. The normalized spacial score (nSPS) is 17.4. The van der Waals surface area contributed by atoms with Crippen LogP contribution in [0.2, 0.25) is 0 Å². The van der Waals surface area contributed by atoms with Crippen molar-refractivity contribution in [3.63, 3.8) is 0 Å². The number of amides is 1. The Balaban J connectivity index is 1.62. The van der Waals surface area contributed by atoms with Gasteiger partial charge < -0.3 is 20.1 Å². The first-order valence-corrected chi connectivity index (χ1v) is 12.8. The average molecular weight is 488 g/mol. The molecule has 2 aliphatic heterocycles. The number of ether oxygens (including phenoxy) is 2. The Morgan fingerprint density at radius 3 is 2.41 bits per heavy atom. The molecule has 10 heteroatoms. The topological polar surface area (TPSA) is 119 Å². The minimum atomic E-state index is -3.77. The summed E-state index contributed by atoms with van der Waals surface area (Å²) >= 11 is 0. The number of morpholine rings is 1. The summed E-state index contributed by atoms with van der Waals surface area (Å²) in [5.74, 6) is -1.19. The van der Waals surface area contributed by atoms with Crippen molar-refractivity contribution in [1.82, 2.24) is 4.31 Å². The summed E-state index contributed by atoms with van der Waals surface area (Å²) in [5, 5.41) is 0. The van der Waals surface area contributed by atoms with Gasteiger partial charge in [0.05, 0.1) is 29.4 Å². The van der Waals surface area contributed by atoms with Gasteiger partial charge in [-0.2, -0.15) is 4.31 Å². The maximum Gasteiger partial charge on any atom is 0.340 e. The number of nitrogens with two attached hydrogens (primary N) is 1. The fourth-order valence-corrected chi connectivity index (χ4v) is 5.66. The Morgan fingerprint density at radius 1 is 0.971 bits per heavy atom. The van der Waals surface area contributed by atoms with Crippen LogP contribution in [-0.4, -0.2) is 64.0 Å². The van der Waals surface area contributed by atoms with E-state index in [9.17, 15) is 18.0 Å². The number of carbonyl (C=O) groups excluding carboxylic acids is 2. The van der Waals surface area contributed by atoms with E-state index in [1.807, 2.05) is 0 Å². The number of anilines is 1. The predicted molar refractivity (Wildman–Crippen MR) is 126 cm³/mol. The van der Waals surface area contributed by atoms with E-state index in [-0.39, 0.29) is 30.2 Å². The van der Waals surface area contributed by atoms with Crippen LogP contribution in [-0.2, 0) is 26.1 Å². The van der Waals surface area contributed by atoms with Gasteiger partial charge in [-0.3, -0.25) is 4.79 Å². The van der Waals surface area contributed by atoms with Crippen molar-refractivity contribution in [1.29, 1.82) is 0 Å². The van der Waals surface area contributed by atoms with E-state index in [0.717, 1.165) is 32.4 Å². The highest BCUT2D eigenvalue weighted by atomic mass is 32.2. The average Bonchev–Trinajstić information content (AvgIpc) is 2.88. The first-order valence-electron chi connectivity index (χ1n) is 11.4. The quantitative estimate of drug-likeness (QED) is 0.594. The molecule has 1 amide bonds. The molecular formula is C24H29N3O6S. The highest BCUT2D eigenvalue weighted by molar-refractivity contribution is 7.89. The highest BCUT2D eigenvalue weighted by Crippen LogP contribution is 2.29. The van der Waals surface area contributed by atoms with Crippen molar-refractivity contribution in [2.45, 2.75) is 30.8 Å². The van der Waals surface area contributed by atoms with E-state index in [1.165, 1.54) is 10.4 Å². The minimum absolute atomic E-state index is 0.0536. The summed E-state index contributed by atoms with van der Waals surface area (Å²) in [5.41, 5.74) is 7.14. The molecule has 2 heterocycles. The van der Waals surface area contributed by atoms with Crippen LogP contribution < -0.4 is 10.6 Å². The molecule has 2 N–H and O–H groups in total. The highest BCUT2D eigenvalue weighted by Gasteiger charge is 2.29. The van der Waals surface area contributed by atoms with E-state index in [1.54, 1.807) is 36.4 Å². The van der Waals surface area contributed by atoms with Crippen molar-refractivity contribution < 1.29 is 27.5 Å². The van der Waals surface area contributed by atoms with Crippen molar-refractivity contribution in [3.05, 3.63) is 59.2 Å². The number of rotatable bonds is 7. The van der Waals surface area contributed by atoms with E-state index in [4.69, 9.17) is 15.2 Å². The second-order valence-electron chi connectivity index (χ2n) is 8.38. The number of carbonyl (C=O) groups is 2. The fourth-order valence-electron chi connectivity index (χ4n) is 4.23. The Labute approximate surface area is 199 Å². The molecular weight excluding hydrogens is 458 g/mol. The Morgan fingerprint density at radius 2 is 1.71 bits per heavy atom. The van der Waals surface area contributed by atoms with Gasteiger partial charge in [-0.05, 0) is 55.2 Å². The van der Waals surface area contributed by atoms with Crippen LogP contribution in [0.3, 0.4) is 0 Å². The molecule has 0 unspecified atom stereocenters. The van der Waals surface area contributed by atoms with Crippen molar-refractivity contribution in [3.8, 4) is 0 Å². The molecule has 0 saturated carbocycles. The number of sulfonamides is 1. The molecule has 0 atom stereocenters. The molecule has 2 aromatic carbocycles. The molecule has 0 bridgehead atoms. The number of piperidine rings is 1. The van der Waals surface area contributed by atoms with Crippen molar-refractivity contribution in [2.24, 2.45) is 5.73 Å². The van der Waals surface area contributed by atoms with Gasteiger partial charge in [-0.1, -0.05) is 12.1 Å². The second-order valence-corrected chi connectivity index (χ2v) is 10.3. The third-order valence-electron chi connectivity index (χ3n) is 6.07. The number of nitrogens with zero attached hydrogens (tertiary/aromatic N) is 2. The molecule has 2 fully saturated rings. The van der Waals surface area contributed by atoms with Gasteiger partial charge >= 0.3 is 5.97 Å². The zero-order valence-electron chi connectivity index (χ0n) is 18.9. The van der Waals surface area contributed by atoms with E-state index in [2.05, 4.69) is 4.90 Å². The lowest BCUT2D eigenvalue weighted by molar-refractivity contribution is 0.0473. The van der Waals surface area contributed by atoms with Gasteiger partial charge in [-0.25, -0.2) is 13.2 Å². The lowest BCUT2D eigenvalue weighted by Crippen LogP contribution is -2.40. The Kier molecular flexibility index (Phi) is 7.50. The molecule has 182 valence electrons. The molecule has 2 aromatic rings. The SMILES string of the molecule is NC(=O)c1cccc(COC(=O)c2cc(S(=O)(=O)N3CCOCC3)ccc2N2CCCCC2)c1. The molecule has 2 saturated heterocycles. The number of esters is 1. The third-order valence-corrected chi connectivity index (χ3v) is 7.97. The molecule has 0 aliphatic carbocycles. The van der Waals surface area contributed by atoms with Gasteiger partial charge in [0.15, 0.2) is 0 Å². The Hall–Kier alpha value is -2.95. The van der Waals surface area contributed by atoms with Gasteiger partial charge in [-0.15, -0.1) is 0 Å². The van der Waals surface area contributed by atoms with Crippen LogP contribution in [0.15, 0.2) is 47.4 Å². The summed E-state index contributed by atoms with van der Waals surface area (Å²) in [6, 6.07) is 11.2. The number of hydrogen-bond acceptors (Lipinski definition) is 7. The molecule has 0 aromatic heterocycles. The van der Waals surface area contributed by atoms with Crippen LogP contribution in [0, 0.1) is 0 Å². The Bertz CT molecular complexity index is 1160. The van der Waals surface area contributed by atoms with Crippen molar-refractivity contribution in [2.75, 3.05) is 44.3 Å². The summed E-state index contributed by atoms with van der Waals surface area (Å²) in [7, 11) is -3.77. The summed E-state index contributed by atoms with van der Waals surface area (Å²) in [6.45, 7) is 2.72. The number of benzene rings is 2. The van der Waals surface area contributed by atoms with E-state index in [0.29, 0.717) is 30.0 Å². The van der Waals surface area contributed by atoms with Crippen LogP contribution in [0.25, 0.3) is 0 Å². The first-order chi connectivity index (χ1) is 16.4. The second kappa shape index (κ2) is 10.5. The number of hydrogen-bond donors (Lipinski definition) is 1. The number of primary amides is 1. The molecule has 2 aliphatic rings. The fraction of sp³-hybridized carbons (Fsp3) is 0.417. The standard InChI is InChI=1S/C24H29N3O6S/c25-23(28)19-6-4-5-18(15-19)17-33-24(29)21-16-20(34(30,31)27-11-13-32-14-12-27)7-8-22(21)26-9-2-1-3-10-26/h4-8,15-16H,1-3,9-14,17H2,(H2,25,28). The molecule has 34 heavy (non-hydrogen) atoms. The minimum Gasteiger partial charge on any atom is -0.457 e. The largest absolute Gasteiger partial charge is 0.457 e. The van der Waals surface area contributed by atoms with Crippen molar-refractivity contribution >= 4 is 27.6 Å². The van der Waals surface area contributed by atoms with Crippen LogP contribution in [0.1, 0.15) is 45.5 Å². The summed E-state index contributed by atoms with van der Waals surface area (Å²) in [4.78, 5) is 26.8. The molecule has 4 rings (SSSR count). The molecule has 9 nitrogen and oxygen atoms in total. The summed E-state index contributed by atoms with van der Waals surface area (Å²) < 4.78 is 38.6. The zero-order chi connectivity index (χ0) is 24.1. The maximum absolute atomic E-state index is 13.2. The molecule has 0 radical (unpaired) electrons. The lowest BCUT2D eigenvalue weighted by atomic mass is 10.1. The third kappa shape index (κ3) is 5.40. The van der Waals surface area contributed by atoms with Crippen LogP contribution >= 0.6 is 0 Å². The first kappa shape index (κ1) is 24.2. The predicted octanol–water partition coefficient (Wildman–Crippen LogP) is 2.15. The van der Waals surface area contributed by atoms with Crippen LogP contribution in [0.5, 0.6) is 0 Å². The molecule has 0 spiro atoms. The van der Waals surface area contributed by atoms with Gasteiger partial charge in [0.2, 0.25) is 15.9 Å². The van der Waals surface area contributed by atoms with E-state index >= 15 is 0 Å². The van der Waals surface area contributed by atoms with E-state index < -0.39 is 21.9 Å². The monoisotopic (exact) mass is 487 g/mol. The van der Waals surface area contributed by atoms with Gasteiger partial charge in [0.1, 0.15) is 6.61 Å². The lowest BCUT2D eigenvalue weighted by Gasteiger charge is -2.31.